The molecule has 0 amide bonds. The molecule has 1 atom stereocenters. The molecule has 3 aromatic heterocycles. The number of aromatic nitrogens is 5. The summed E-state index contributed by atoms with van der Waals surface area (Å²) >= 11 is 0. The zero-order valence-corrected chi connectivity index (χ0v) is 20.2. The lowest BCUT2D eigenvalue weighted by atomic mass is 9.97. The molecule has 1 saturated carbocycles. The van der Waals surface area contributed by atoms with E-state index in [2.05, 4.69) is 30.3 Å². The van der Waals surface area contributed by atoms with Gasteiger partial charge in [0, 0.05) is 54.9 Å². The van der Waals surface area contributed by atoms with Crippen LogP contribution in [0.5, 0.6) is 0 Å². The molecule has 11 heteroatoms. The van der Waals surface area contributed by atoms with Gasteiger partial charge < -0.3 is 21.1 Å². The minimum Gasteiger partial charge on any atom is -0.388 e. The number of halogens is 2. The van der Waals surface area contributed by atoms with E-state index in [9.17, 15) is 13.9 Å². The van der Waals surface area contributed by atoms with E-state index in [4.69, 9.17) is 5.73 Å². The second-order valence-corrected chi connectivity index (χ2v) is 9.71. The van der Waals surface area contributed by atoms with Crippen LogP contribution in [-0.2, 0) is 7.05 Å². The van der Waals surface area contributed by atoms with Gasteiger partial charge in [-0.1, -0.05) is 0 Å². The van der Waals surface area contributed by atoms with Gasteiger partial charge in [0.2, 0.25) is 5.95 Å². The molecule has 6 rings (SSSR count). The predicted octanol–water partition coefficient (Wildman–Crippen LogP) is 3.89. The average Bonchev–Trinajstić information content (AvgIpc) is 3.59. The van der Waals surface area contributed by atoms with Crippen molar-refractivity contribution in [3.05, 3.63) is 60.4 Å². The second kappa shape index (κ2) is 8.77. The highest BCUT2D eigenvalue weighted by Crippen LogP contribution is 2.45. The molecule has 2 aliphatic rings. The number of benzene rings is 1. The molecule has 1 aliphatic carbocycles. The number of nitrogen functional groups attached to an aromatic ring is 1. The Hall–Kier alpha value is -4.12. The summed E-state index contributed by atoms with van der Waals surface area (Å²) in [6, 6.07) is 9.55. The Kier molecular flexibility index (Phi) is 5.52. The Morgan fingerprint density at radius 3 is 2.68 bits per heavy atom. The zero-order chi connectivity index (χ0) is 25.7. The lowest BCUT2D eigenvalue weighted by Crippen LogP contribution is -2.35. The summed E-state index contributed by atoms with van der Waals surface area (Å²) in [4.78, 5) is 14.9. The standard InChI is InChI=1S/C26H26F2N8O/c1-35-25(32-17-5-6-18(20(27)12-17)19-8-10-30-23(29)22(19)28)33-24(34-35)15-2-7-21(31-13-15)36-11-9-26(37,14-36)16-3-4-16/h2,5-8,10,12-13,16,37H,3-4,9,11,14H2,1H3,(H2,29,30)(H,32,33,34). The maximum Gasteiger partial charge on any atom is 0.225 e. The van der Waals surface area contributed by atoms with E-state index < -0.39 is 17.2 Å². The largest absolute Gasteiger partial charge is 0.388 e. The number of rotatable bonds is 6. The molecule has 4 heterocycles. The van der Waals surface area contributed by atoms with E-state index in [0.29, 0.717) is 29.9 Å². The molecular formula is C26H26F2N8O. The number of nitrogens with zero attached hydrogens (tertiary/aromatic N) is 6. The Morgan fingerprint density at radius 2 is 1.95 bits per heavy atom. The molecule has 1 aromatic carbocycles. The minimum absolute atomic E-state index is 0.0413. The van der Waals surface area contributed by atoms with Crippen LogP contribution in [0.1, 0.15) is 19.3 Å². The maximum absolute atomic E-state index is 14.8. The Morgan fingerprint density at radius 1 is 1.11 bits per heavy atom. The van der Waals surface area contributed by atoms with Crippen molar-refractivity contribution >= 4 is 23.3 Å². The molecule has 4 aromatic rings. The van der Waals surface area contributed by atoms with Crippen molar-refractivity contribution in [3.8, 4) is 22.5 Å². The van der Waals surface area contributed by atoms with Gasteiger partial charge in [-0.25, -0.2) is 23.4 Å². The van der Waals surface area contributed by atoms with Gasteiger partial charge >= 0.3 is 0 Å². The maximum atomic E-state index is 14.8. The van der Waals surface area contributed by atoms with Crippen LogP contribution < -0.4 is 16.0 Å². The number of β-amino-alcohol motifs (C(OH)–C–C–N with tert-alkyl or cyclic N) is 1. The third-order valence-corrected chi connectivity index (χ3v) is 7.14. The Labute approximate surface area is 212 Å². The van der Waals surface area contributed by atoms with Crippen molar-refractivity contribution in [2.45, 2.75) is 24.9 Å². The number of anilines is 4. The highest BCUT2D eigenvalue weighted by atomic mass is 19.1. The summed E-state index contributed by atoms with van der Waals surface area (Å²) in [6.07, 6.45) is 6.03. The van der Waals surface area contributed by atoms with Crippen LogP contribution in [0.3, 0.4) is 0 Å². The van der Waals surface area contributed by atoms with Crippen LogP contribution in [0.15, 0.2) is 48.8 Å². The Bertz CT molecular complexity index is 1470. The van der Waals surface area contributed by atoms with Crippen LogP contribution in [0.2, 0.25) is 0 Å². The normalized spacial score (nSPS) is 19.4. The molecule has 9 nitrogen and oxygen atoms in total. The second-order valence-electron chi connectivity index (χ2n) is 9.71. The number of hydrogen-bond acceptors (Lipinski definition) is 8. The highest BCUT2D eigenvalue weighted by molar-refractivity contribution is 5.70. The highest BCUT2D eigenvalue weighted by Gasteiger charge is 2.48. The number of nitrogens with two attached hydrogens (primary N) is 1. The topological polar surface area (TPSA) is 118 Å². The third-order valence-electron chi connectivity index (χ3n) is 7.14. The lowest BCUT2D eigenvalue weighted by Gasteiger charge is -2.23. The van der Waals surface area contributed by atoms with Crippen LogP contribution in [-0.4, -0.2) is 48.5 Å². The van der Waals surface area contributed by atoms with Gasteiger partial charge in [-0.05, 0) is 61.6 Å². The summed E-state index contributed by atoms with van der Waals surface area (Å²) in [5.41, 5.74) is 6.20. The summed E-state index contributed by atoms with van der Waals surface area (Å²) in [7, 11) is 1.73. The smallest absolute Gasteiger partial charge is 0.225 e. The first-order valence-corrected chi connectivity index (χ1v) is 12.1. The van der Waals surface area contributed by atoms with E-state index in [1.54, 1.807) is 24.0 Å². The molecular weight excluding hydrogens is 478 g/mol. The van der Waals surface area contributed by atoms with Gasteiger partial charge in [0.15, 0.2) is 17.5 Å². The fourth-order valence-corrected chi connectivity index (χ4v) is 4.90. The molecule has 0 bridgehead atoms. The lowest BCUT2D eigenvalue weighted by molar-refractivity contribution is 0.0400. The van der Waals surface area contributed by atoms with Gasteiger partial charge in [0.05, 0.1) is 5.60 Å². The van der Waals surface area contributed by atoms with E-state index in [-0.39, 0.29) is 16.9 Å². The summed E-state index contributed by atoms with van der Waals surface area (Å²) in [5.74, 6) is 0.438. The number of pyridine rings is 2. The molecule has 1 aliphatic heterocycles. The Balaban J connectivity index is 1.18. The summed E-state index contributed by atoms with van der Waals surface area (Å²) in [5, 5.41) is 18.3. The molecule has 0 spiro atoms. The molecule has 0 radical (unpaired) electrons. The van der Waals surface area contributed by atoms with Gasteiger partial charge in [0.1, 0.15) is 11.6 Å². The first-order valence-electron chi connectivity index (χ1n) is 12.1. The van der Waals surface area contributed by atoms with Gasteiger partial charge in [-0.3, -0.25) is 0 Å². The fraction of sp³-hybridized carbons (Fsp3) is 0.308. The molecule has 1 unspecified atom stereocenters. The monoisotopic (exact) mass is 504 g/mol. The van der Waals surface area contributed by atoms with Crippen molar-refractivity contribution in [2.24, 2.45) is 13.0 Å². The van der Waals surface area contributed by atoms with Crippen LogP contribution in [0.25, 0.3) is 22.5 Å². The van der Waals surface area contributed by atoms with Gasteiger partial charge in [-0.15, -0.1) is 5.10 Å². The number of aliphatic hydroxyl groups is 1. The van der Waals surface area contributed by atoms with Crippen LogP contribution >= 0.6 is 0 Å². The van der Waals surface area contributed by atoms with E-state index in [0.717, 1.165) is 37.2 Å². The van der Waals surface area contributed by atoms with Crippen molar-refractivity contribution in [2.75, 3.05) is 29.0 Å². The van der Waals surface area contributed by atoms with Gasteiger partial charge in [0.25, 0.3) is 0 Å². The zero-order valence-electron chi connectivity index (χ0n) is 20.2. The molecule has 190 valence electrons. The average molecular weight is 505 g/mol. The number of hydrogen-bond donors (Lipinski definition) is 3. The predicted molar refractivity (Wildman–Crippen MR) is 136 cm³/mol. The van der Waals surface area contributed by atoms with Crippen molar-refractivity contribution in [1.82, 2.24) is 24.7 Å². The van der Waals surface area contributed by atoms with Crippen molar-refractivity contribution in [1.29, 1.82) is 0 Å². The first kappa shape index (κ1) is 23.3. The van der Waals surface area contributed by atoms with Crippen LogP contribution in [0.4, 0.5) is 32.1 Å². The SMILES string of the molecule is Cn1nc(-c2ccc(N3CCC(O)(C4CC4)C3)nc2)nc1Nc1ccc(-c2ccnc(N)c2F)c(F)c1. The molecule has 2 fully saturated rings. The van der Waals surface area contributed by atoms with E-state index in [1.165, 1.54) is 24.4 Å². The van der Waals surface area contributed by atoms with Crippen molar-refractivity contribution < 1.29 is 13.9 Å². The fourth-order valence-electron chi connectivity index (χ4n) is 4.90. The number of aryl methyl sites for hydroxylation is 1. The number of nitrogens with one attached hydrogen (secondary N) is 1. The first-order chi connectivity index (χ1) is 17.8. The van der Waals surface area contributed by atoms with E-state index in [1.807, 2.05) is 12.1 Å². The summed E-state index contributed by atoms with van der Waals surface area (Å²) in [6.45, 7) is 1.39. The molecule has 37 heavy (non-hydrogen) atoms. The third kappa shape index (κ3) is 4.35. The summed E-state index contributed by atoms with van der Waals surface area (Å²) < 4.78 is 30.7. The van der Waals surface area contributed by atoms with Gasteiger partial charge in [-0.2, -0.15) is 4.98 Å². The molecule has 4 N–H and O–H groups in total. The van der Waals surface area contributed by atoms with Crippen LogP contribution in [0, 0.1) is 17.6 Å². The minimum atomic E-state index is -0.761. The quantitative estimate of drug-likeness (QED) is 0.362. The van der Waals surface area contributed by atoms with Crippen molar-refractivity contribution in [3.63, 3.8) is 0 Å². The van der Waals surface area contributed by atoms with E-state index >= 15 is 0 Å². The molecule has 1 saturated heterocycles.